The zero-order valence-electron chi connectivity index (χ0n) is 8.44. The number of hydrogen-bond donors (Lipinski definition) is 0. The van der Waals surface area contributed by atoms with Crippen LogP contribution < -0.4 is 0 Å². The van der Waals surface area contributed by atoms with Crippen LogP contribution in [0.1, 0.15) is 6.92 Å². The highest BCUT2D eigenvalue weighted by Crippen LogP contribution is 2.27. The maximum Gasteiger partial charge on any atom is 0.337 e. The predicted octanol–water partition coefficient (Wildman–Crippen LogP) is 0.378. The number of rotatable bonds is 1. The number of carbonyl (C=O) groups is 2. The van der Waals surface area contributed by atoms with E-state index in [2.05, 4.69) is 9.73 Å². The van der Waals surface area contributed by atoms with Crippen molar-refractivity contribution in [1.82, 2.24) is 4.90 Å². The Morgan fingerprint density at radius 3 is 3.00 bits per heavy atom. The van der Waals surface area contributed by atoms with Crippen molar-refractivity contribution in [2.45, 2.75) is 6.92 Å². The second-order valence-corrected chi connectivity index (χ2v) is 4.16. The molecule has 2 aliphatic rings. The van der Waals surface area contributed by atoms with Crippen molar-refractivity contribution in [3.05, 3.63) is 11.3 Å². The number of hydrogen-bond acceptors (Lipinski definition) is 5. The molecule has 0 aromatic rings. The van der Waals surface area contributed by atoms with Gasteiger partial charge in [0, 0.05) is 0 Å². The normalized spacial score (nSPS) is 20.3. The minimum Gasteiger partial charge on any atom is -0.466 e. The Balaban J connectivity index is 2.32. The first-order valence-corrected chi connectivity index (χ1v) is 5.42. The second kappa shape index (κ2) is 3.69. The molecule has 0 aromatic carbocycles. The number of carbonyl (C=O) groups excluding carboxylic acids is 2. The standard InChI is InChI=1S/C9H10N2O3S/c1-5-6(8(13)14-2)3-11-7(12)4-15-9(11)10-5/h3-4H2,1-2H3. The van der Waals surface area contributed by atoms with Crippen molar-refractivity contribution in [2.75, 3.05) is 19.4 Å². The number of methoxy groups -OCH3 is 1. The lowest BCUT2D eigenvalue weighted by atomic mass is 10.2. The predicted molar refractivity (Wildman–Crippen MR) is 56.3 cm³/mol. The molecule has 6 heteroatoms. The number of nitrogens with zero attached hydrogens (tertiary/aromatic N) is 2. The third kappa shape index (κ3) is 1.65. The summed E-state index contributed by atoms with van der Waals surface area (Å²) in [5.74, 6) is -0.0201. The topological polar surface area (TPSA) is 59.0 Å². The van der Waals surface area contributed by atoms with Gasteiger partial charge >= 0.3 is 5.97 Å². The van der Waals surface area contributed by atoms with Gasteiger partial charge in [-0.05, 0) is 6.92 Å². The molecule has 15 heavy (non-hydrogen) atoms. The molecule has 80 valence electrons. The van der Waals surface area contributed by atoms with Crippen LogP contribution in [0.3, 0.4) is 0 Å². The van der Waals surface area contributed by atoms with Gasteiger partial charge < -0.3 is 4.74 Å². The Kier molecular flexibility index (Phi) is 2.52. The van der Waals surface area contributed by atoms with E-state index in [1.165, 1.54) is 23.8 Å². The molecular formula is C9H10N2O3S. The number of allylic oxidation sites excluding steroid dienone is 1. The monoisotopic (exact) mass is 226 g/mol. The maximum absolute atomic E-state index is 11.4. The Morgan fingerprint density at radius 2 is 2.33 bits per heavy atom. The molecular weight excluding hydrogens is 216 g/mol. The van der Waals surface area contributed by atoms with Gasteiger partial charge in [-0.15, -0.1) is 0 Å². The van der Waals surface area contributed by atoms with Gasteiger partial charge in [0.05, 0.1) is 30.7 Å². The summed E-state index contributed by atoms with van der Waals surface area (Å²) in [5, 5.41) is 0.685. The number of thioether (sulfide) groups is 1. The zero-order chi connectivity index (χ0) is 11.0. The smallest absolute Gasteiger partial charge is 0.337 e. The molecule has 2 heterocycles. The molecule has 0 spiro atoms. The van der Waals surface area contributed by atoms with Crippen LogP contribution in [-0.4, -0.2) is 41.4 Å². The fraction of sp³-hybridized carbons (Fsp3) is 0.444. The highest BCUT2D eigenvalue weighted by Gasteiger charge is 2.34. The summed E-state index contributed by atoms with van der Waals surface area (Å²) in [6.07, 6.45) is 0. The van der Waals surface area contributed by atoms with Crippen LogP contribution >= 0.6 is 11.8 Å². The molecule has 0 bridgehead atoms. The summed E-state index contributed by atoms with van der Waals surface area (Å²) in [7, 11) is 1.32. The lowest BCUT2D eigenvalue weighted by Crippen LogP contribution is -2.36. The van der Waals surface area contributed by atoms with Crippen LogP contribution in [0.2, 0.25) is 0 Å². The Hall–Kier alpha value is -1.30. The van der Waals surface area contributed by atoms with Crippen LogP contribution in [0.4, 0.5) is 0 Å². The van der Waals surface area contributed by atoms with Gasteiger partial charge in [0.1, 0.15) is 0 Å². The molecule has 0 saturated carbocycles. The van der Waals surface area contributed by atoms with Crippen molar-refractivity contribution in [2.24, 2.45) is 4.99 Å². The molecule has 0 radical (unpaired) electrons. The van der Waals surface area contributed by atoms with Crippen molar-refractivity contribution in [3.63, 3.8) is 0 Å². The van der Waals surface area contributed by atoms with Gasteiger partial charge in [-0.2, -0.15) is 0 Å². The Morgan fingerprint density at radius 1 is 1.60 bits per heavy atom. The lowest BCUT2D eigenvalue weighted by Gasteiger charge is -2.22. The van der Waals surface area contributed by atoms with E-state index in [9.17, 15) is 9.59 Å². The number of ether oxygens (including phenoxy) is 1. The SMILES string of the molecule is COC(=O)C1=C(C)N=C2SCC(=O)N2C1. The number of esters is 1. The third-order valence-electron chi connectivity index (χ3n) is 2.30. The van der Waals surface area contributed by atoms with Gasteiger partial charge in [-0.3, -0.25) is 9.69 Å². The van der Waals surface area contributed by atoms with Crippen LogP contribution in [0.25, 0.3) is 0 Å². The van der Waals surface area contributed by atoms with E-state index in [0.29, 0.717) is 22.2 Å². The van der Waals surface area contributed by atoms with Gasteiger partial charge in [0.2, 0.25) is 5.91 Å². The molecule has 2 rings (SSSR count). The molecule has 5 nitrogen and oxygen atoms in total. The van der Waals surface area contributed by atoms with E-state index in [0.717, 1.165) is 0 Å². The summed E-state index contributed by atoms with van der Waals surface area (Å²) in [6.45, 7) is 2.03. The quantitative estimate of drug-likeness (QED) is 0.606. The minimum atomic E-state index is -0.417. The summed E-state index contributed by atoms with van der Waals surface area (Å²) >= 11 is 1.40. The van der Waals surface area contributed by atoms with E-state index in [-0.39, 0.29) is 12.5 Å². The van der Waals surface area contributed by atoms with Crippen molar-refractivity contribution >= 4 is 28.8 Å². The third-order valence-corrected chi connectivity index (χ3v) is 3.27. The molecule has 0 aromatic heterocycles. The molecule has 2 aliphatic heterocycles. The average molecular weight is 226 g/mol. The molecule has 0 aliphatic carbocycles. The highest BCUT2D eigenvalue weighted by molar-refractivity contribution is 8.15. The van der Waals surface area contributed by atoms with Gasteiger partial charge in [-0.25, -0.2) is 9.79 Å². The zero-order valence-corrected chi connectivity index (χ0v) is 9.26. The van der Waals surface area contributed by atoms with E-state index in [1.807, 2.05) is 0 Å². The van der Waals surface area contributed by atoms with Gasteiger partial charge in [0.25, 0.3) is 0 Å². The fourth-order valence-electron chi connectivity index (χ4n) is 1.46. The van der Waals surface area contributed by atoms with E-state index in [4.69, 9.17) is 0 Å². The molecule has 0 N–H and O–H groups in total. The second-order valence-electron chi connectivity index (χ2n) is 3.22. The number of aliphatic imine (C=N–C) groups is 1. The molecule has 0 unspecified atom stereocenters. The number of fused-ring (bicyclic) bond motifs is 1. The first-order valence-electron chi connectivity index (χ1n) is 4.43. The summed E-state index contributed by atoms with van der Waals surface area (Å²) in [4.78, 5) is 28.5. The number of amidine groups is 1. The van der Waals surface area contributed by atoms with Crippen molar-refractivity contribution < 1.29 is 14.3 Å². The first-order chi connectivity index (χ1) is 7.13. The molecule has 1 amide bonds. The van der Waals surface area contributed by atoms with E-state index >= 15 is 0 Å². The lowest BCUT2D eigenvalue weighted by molar-refractivity contribution is -0.136. The van der Waals surface area contributed by atoms with Gasteiger partial charge in [-0.1, -0.05) is 11.8 Å². The summed E-state index contributed by atoms with van der Waals surface area (Å²) in [5.41, 5.74) is 1.09. The summed E-state index contributed by atoms with van der Waals surface area (Å²) < 4.78 is 4.63. The van der Waals surface area contributed by atoms with Gasteiger partial charge in [0.15, 0.2) is 5.17 Å². The molecule has 1 fully saturated rings. The van der Waals surface area contributed by atoms with Crippen molar-refractivity contribution in [3.8, 4) is 0 Å². The Labute approximate surface area is 91.2 Å². The molecule has 0 atom stereocenters. The summed E-state index contributed by atoms with van der Waals surface area (Å²) in [6, 6.07) is 0. The minimum absolute atomic E-state index is 0.00680. The van der Waals surface area contributed by atoms with E-state index < -0.39 is 5.97 Å². The Bertz CT molecular complexity index is 400. The van der Waals surface area contributed by atoms with Crippen LogP contribution in [0.5, 0.6) is 0 Å². The number of amides is 1. The largest absolute Gasteiger partial charge is 0.466 e. The van der Waals surface area contributed by atoms with Crippen LogP contribution in [0, 0.1) is 0 Å². The maximum atomic E-state index is 11.4. The van der Waals surface area contributed by atoms with Crippen molar-refractivity contribution in [1.29, 1.82) is 0 Å². The van der Waals surface area contributed by atoms with Crippen LogP contribution in [-0.2, 0) is 14.3 Å². The first kappa shape index (κ1) is 10.2. The average Bonchev–Trinajstić information content (AvgIpc) is 2.58. The fourth-order valence-corrected chi connectivity index (χ4v) is 2.39. The van der Waals surface area contributed by atoms with Crippen LogP contribution in [0.15, 0.2) is 16.3 Å². The van der Waals surface area contributed by atoms with E-state index in [1.54, 1.807) is 6.92 Å². The molecule has 1 saturated heterocycles. The highest BCUT2D eigenvalue weighted by atomic mass is 32.2.